The monoisotopic (exact) mass is 327 g/mol. The summed E-state index contributed by atoms with van der Waals surface area (Å²) in [6.45, 7) is 6.72. The molecular weight excluding hydrogens is 298 g/mol. The van der Waals surface area contributed by atoms with Crippen molar-refractivity contribution in [2.45, 2.75) is 45.6 Å². The number of carbonyl (C=O) groups is 1. The first kappa shape index (κ1) is 17.2. The van der Waals surface area contributed by atoms with Gasteiger partial charge < -0.3 is 9.64 Å². The Bertz CT molecular complexity index is 573. The third-order valence-corrected chi connectivity index (χ3v) is 5.66. The van der Waals surface area contributed by atoms with Gasteiger partial charge in [-0.15, -0.1) is 0 Å². The zero-order valence-corrected chi connectivity index (χ0v) is 14.9. The first-order valence-electron chi connectivity index (χ1n) is 9.21. The van der Waals surface area contributed by atoms with E-state index in [4.69, 9.17) is 4.74 Å². The first-order chi connectivity index (χ1) is 11.6. The highest BCUT2D eigenvalue weighted by atomic mass is 16.5. The van der Waals surface area contributed by atoms with Crippen LogP contribution < -0.4 is 0 Å². The van der Waals surface area contributed by atoms with Gasteiger partial charge in [-0.25, -0.2) is 0 Å². The van der Waals surface area contributed by atoms with Crippen LogP contribution in [-0.2, 0) is 9.53 Å². The molecule has 1 aromatic carbocycles. The van der Waals surface area contributed by atoms with Gasteiger partial charge in [-0.2, -0.15) is 0 Å². The SMILES string of the molecule is CC(C)(C(=O)N1CCCC1/C=C/c1ccccc1)C1CCOCC1. The molecule has 1 amide bonds. The highest BCUT2D eigenvalue weighted by Gasteiger charge is 2.42. The molecule has 3 rings (SSSR count). The van der Waals surface area contributed by atoms with Gasteiger partial charge in [-0.1, -0.05) is 56.3 Å². The largest absolute Gasteiger partial charge is 0.381 e. The smallest absolute Gasteiger partial charge is 0.229 e. The Balaban J connectivity index is 1.70. The first-order valence-corrected chi connectivity index (χ1v) is 9.21. The molecule has 2 heterocycles. The zero-order valence-electron chi connectivity index (χ0n) is 14.9. The van der Waals surface area contributed by atoms with Gasteiger partial charge in [0.2, 0.25) is 5.91 Å². The van der Waals surface area contributed by atoms with Gasteiger partial charge in [0.15, 0.2) is 0 Å². The molecular formula is C21H29NO2. The van der Waals surface area contributed by atoms with E-state index in [9.17, 15) is 4.79 Å². The summed E-state index contributed by atoms with van der Waals surface area (Å²) in [4.78, 5) is 15.3. The second-order valence-electron chi connectivity index (χ2n) is 7.59. The lowest BCUT2D eigenvalue weighted by Gasteiger charge is -2.39. The molecule has 2 aliphatic heterocycles. The van der Waals surface area contributed by atoms with Gasteiger partial charge in [0.1, 0.15) is 0 Å². The van der Waals surface area contributed by atoms with Gasteiger partial charge in [0, 0.05) is 25.2 Å². The van der Waals surface area contributed by atoms with Crippen LogP contribution in [0.25, 0.3) is 6.08 Å². The predicted octanol–water partition coefficient (Wildman–Crippen LogP) is 4.14. The zero-order chi connectivity index (χ0) is 17.0. The number of ether oxygens (including phenoxy) is 1. The summed E-state index contributed by atoms with van der Waals surface area (Å²) >= 11 is 0. The Morgan fingerprint density at radius 1 is 1.17 bits per heavy atom. The van der Waals surface area contributed by atoms with Gasteiger partial charge in [-0.05, 0) is 37.2 Å². The van der Waals surface area contributed by atoms with Crippen LogP contribution in [-0.4, -0.2) is 36.6 Å². The van der Waals surface area contributed by atoms with Crippen molar-refractivity contribution >= 4 is 12.0 Å². The second-order valence-corrected chi connectivity index (χ2v) is 7.59. The van der Waals surface area contributed by atoms with Gasteiger partial charge in [-0.3, -0.25) is 4.79 Å². The van der Waals surface area contributed by atoms with Crippen molar-refractivity contribution in [2.75, 3.05) is 19.8 Å². The number of hydrogen-bond acceptors (Lipinski definition) is 2. The van der Waals surface area contributed by atoms with Crippen molar-refractivity contribution < 1.29 is 9.53 Å². The van der Waals surface area contributed by atoms with E-state index in [1.54, 1.807) is 0 Å². The molecule has 2 saturated heterocycles. The predicted molar refractivity (Wildman–Crippen MR) is 97.5 cm³/mol. The molecule has 130 valence electrons. The van der Waals surface area contributed by atoms with Crippen molar-refractivity contribution in [1.29, 1.82) is 0 Å². The number of benzene rings is 1. The minimum absolute atomic E-state index is 0.233. The number of amides is 1. The molecule has 1 atom stereocenters. The molecule has 0 radical (unpaired) electrons. The molecule has 0 N–H and O–H groups in total. The molecule has 3 nitrogen and oxygen atoms in total. The van der Waals surface area contributed by atoms with E-state index >= 15 is 0 Å². The maximum Gasteiger partial charge on any atom is 0.229 e. The van der Waals surface area contributed by atoms with Crippen molar-refractivity contribution in [1.82, 2.24) is 4.90 Å². The van der Waals surface area contributed by atoms with E-state index < -0.39 is 0 Å². The van der Waals surface area contributed by atoms with Crippen LogP contribution in [0.15, 0.2) is 36.4 Å². The van der Waals surface area contributed by atoms with E-state index in [1.165, 1.54) is 5.56 Å². The van der Waals surface area contributed by atoms with Gasteiger partial charge in [0.05, 0.1) is 6.04 Å². The Morgan fingerprint density at radius 3 is 2.58 bits per heavy atom. The number of likely N-dealkylation sites (tertiary alicyclic amines) is 1. The Kier molecular flexibility index (Phi) is 5.40. The van der Waals surface area contributed by atoms with Crippen molar-refractivity contribution in [3.63, 3.8) is 0 Å². The molecule has 3 heteroatoms. The Hall–Kier alpha value is -1.61. The number of rotatable bonds is 4. The maximum atomic E-state index is 13.2. The third-order valence-electron chi connectivity index (χ3n) is 5.66. The van der Waals surface area contributed by atoms with Crippen LogP contribution >= 0.6 is 0 Å². The summed E-state index contributed by atoms with van der Waals surface area (Å²) < 4.78 is 5.47. The Labute approximate surface area is 145 Å². The molecule has 2 aliphatic rings. The van der Waals surface area contributed by atoms with Crippen LogP contribution in [0.5, 0.6) is 0 Å². The molecule has 0 saturated carbocycles. The standard InChI is InChI=1S/C21H29NO2/c1-21(2,18-12-15-24-16-13-18)20(23)22-14-6-9-19(22)11-10-17-7-4-3-5-8-17/h3-5,7-8,10-11,18-19H,6,9,12-16H2,1-2H3/b11-10+. The van der Waals surface area contributed by atoms with Gasteiger partial charge in [0.25, 0.3) is 0 Å². The normalized spacial score (nSPS) is 23.1. The average molecular weight is 327 g/mol. The van der Waals surface area contributed by atoms with Crippen molar-refractivity contribution in [3.05, 3.63) is 42.0 Å². The van der Waals surface area contributed by atoms with Crippen LogP contribution in [0, 0.1) is 11.3 Å². The number of hydrogen-bond donors (Lipinski definition) is 0. The fraction of sp³-hybridized carbons (Fsp3) is 0.571. The summed E-state index contributed by atoms with van der Waals surface area (Å²) in [6, 6.07) is 10.6. The van der Waals surface area contributed by atoms with Crippen molar-refractivity contribution in [2.24, 2.45) is 11.3 Å². The topological polar surface area (TPSA) is 29.5 Å². The van der Waals surface area contributed by atoms with Crippen LogP contribution in [0.4, 0.5) is 0 Å². The molecule has 0 bridgehead atoms. The second kappa shape index (κ2) is 7.52. The van der Waals surface area contributed by atoms with E-state index in [-0.39, 0.29) is 11.5 Å². The lowest BCUT2D eigenvalue weighted by atomic mass is 9.73. The maximum absolute atomic E-state index is 13.2. The molecule has 1 aromatic rings. The summed E-state index contributed by atoms with van der Waals surface area (Å²) in [6.07, 6.45) is 8.52. The third kappa shape index (κ3) is 3.72. The minimum Gasteiger partial charge on any atom is -0.381 e. The molecule has 1 unspecified atom stereocenters. The molecule has 0 aliphatic carbocycles. The summed E-state index contributed by atoms with van der Waals surface area (Å²) in [7, 11) is 0. The van der Waals surface area contributed by atoms with Gasteiger partial charge >= 0.3 is 0 Å². The lowest BCUT2D eigenvalue weighted by molar-refractivity contribution is -0.145. The minimum atomic E-state index is -0.299. The van der Waals surface area contributed by atoms with E-state index in [2.05, 4.69) is 43.0 Å². The van der Waals surface area contributed by atoms with Crippen molar-refractivity contribution in [3.8, 4) is 0 Å². The fourth-order valence-electron chi connectivity index (χ4n) is 4.00. The van der Waals surface area contributed by atoms with E-state index in [1.807, 2.05) is 18.2 Å². The Morgan fingerprint density at radius 2 is 1.88 bits per heavy atom. The molecule has 0 aromatic heterocycles. The van der Waals surface area contributed by atoms with Crippen LogP contribution in [0.3, 0.4) is 0 Å². The average Bonchev–Trinajstić information content (AvgIpc) is 3.09. The quantitative estimate of drug-likeness (QED) is 0.831. The van der Waals surface area contributed by atoms with E-state index in [0.717, 1.165) is 45.4 Å². The lowest BCUT2D eigenvalue weighted by Crippen LogP contribution is -2.47. The molecule has 2 fully saturated rings. The fourth-order valence-corrected chi connectivity index (χ4v) is 4.00. The van der Waals surface area contributed by atoms with Crippen LogP contribution in [0.1, 0.15) is 45.1 Å². The number of carbonyl (C=O) groups excluding carboxylic acids is 1. The summed E-state index contributed by atoms with van der Waals surface area (Å²) in [5.74, 6) is 0.743. The molecule has 24 heavy (non-hydrogen) atoms. The highest BCUT2D eigenvalue weighted by molar-refractivity contribution is 5.83. The number of nitrogens with zero attached hydrogens (tertiary/aromatic N) is 1. The summed E-state index contributed by atoms with van der Waals surface area (Å²) in [5, 5.41) is 0. The van der Waals surface area contributed by atoms with E-state index in [0.29, 0.717) is 11.8 Å². The highest BCUT2D eigenvalue weighted by Crippen LogP contribution is 2.38. The van der Waals surface area contributed by atoms with Crippen LogP contribution in [0.2, 0.25) is 0 Å². The summed E-state index contributed by atoms with van der Waals surface area (Å²) in [5.41, 5.74) is 0.896. The molecule has 0 spiro atoms.